The second-order valence-electron chi connectivity index (χ2n) is 6.36. The zero-order valence-electron chi connectivity index (χ0n) is 17.0. The molecular weight excluding hydrogens is 403 g/mol. The SMILES string of the molecule is COc1cc(NC(=O)c2ccccc2)c(OC)cc1NC(=O)COc1ccc(F)cc1. The number of anilines is 2. The highest BCUT2D eigenvalue weighted by molar-refractivity contribution is 6.05. The number of rotatable bonds is 8. The van der Waals surface area contributed by atoms with Crippen LogP contribution in [0.25, 0.3) is 0 Å². The third-order valence-corrected chi connectivity index (χ3v) is 4.26. The molecule has 3 rings (SSSR count). The predicted molar refractivity (Wildman–Crippen MR) is 114 cm³/mol. The number of nitrogens with one attached hydrogen (secondary N) is 2. The average Bonchev–Trinajstić information content (AvgIpc) is 2.79. The van der Waals surface area contributed by atoms with Crippen molar-refractivity contribution in [1.29, 1.82) is 0 Å². The summed E-state index contributed by atoms with van der Waals surface area (Å²) in [7, 11) is 2.89. The number of benzene rings is 3. The molecule has 7 nitrogen and oxygen atoms in total. The Balaban J connectivity index is 1.72. The van der Waals surface area contributed by atoms with Gasteiger partial charge in [0.05, 0.1) is 25.6 Å². The number of amides is 2. The van der Waals surface area contributed by atoms with Gasteiger partial charge in [0, 0.05) is 17.7 Å². The lowest BCUT2D eigenvalue weighted by molar-refractivity contribution is -0.118. The molecule has 0 atom stereocenters. The summed E-state index contributed by atoms with van der Waals surface area (Å²) in [5.41, 5.74) is 1.21. The van der Waals surface area contributed by atoms with Crippen molar-refractivity contribution in [2.75, 3.05) is 31.5 Å². The minimum atomic E-state index is -0.453. The first-order valence-electron chi connectivity index (χ1n) is 9.31. The Bertz CT molecular complexity index is 1060. The third-order valence-electron chi connectivity index (χ3n) is 4.26. The van der Waals surface area contributed by atoms with E-state index in [0.717, 1.165) is 0 Å². The van der Waals surface area contributed by atoms with Crippen LogP contribution < -0.4 is 24.8 Å². The van der Waals surface area contributed by atoms with Gasteiger partial charge in [-0.05, 0) is 36.4 Å². The maximum absolute atomic E-state index is 12.9. The number of methoxy groups -OCH3 is 2. The largest absolute Gasteiger partial charge is 0.494 e. The van der Waals surface area contributed by atoms with Crippen LogP contribution >= 0.6 is 0 Å². The summed E-state index contributed by atoms with van der Waals surface area (Å²) < 4.78 is 29.0. The zero-order valence-corrected chi connectivity index (χ0v) is 17.0. The molecule has 2 amide bonds. The van der Waals surface area contributed by atoms with E-state index in [-0.39, 0.29) is 12.5 Å². The van der Waals surface area contributed by atoms with Gasteiger partial charge in [0.2, 0.25) is 0 Å². The average molecular weight is 424 g/mol. The smallest absolute Gasteiger partial charge is 0.262 e. The molecule has 0 saturated heterocycles. The molecule has 0 fully saturated rings. The van der Waals surface area contributed by atoms with E-state index >= 15 is 0 Å². The van der Waals surface area contributed by atoms with Crippen LogP contribution in [0.2, 0.25) is 0 Å². The zero-order chi connectivity index (χ0) is 22.2. The summed E-state index contributed by atoms with van der Waals surface area (Å²) in [6.07, 6.45) is 0. The van der Waals surface area contributed by atoms with Crippen LogP contribution in [0, 0.1) is 5.82 Å². The molecule has 2 N–H and O–H groups in total. The molecule has 0 saturated carbocycles. The first-order valence-corrected chi connectivity index (χ1v) is 9.31. The molecule has 0 radical (unpaired) electrons. The second-order valence-corrected chi connectivity index (χ2v) is 6.36. The minimum absolute atomic E-state index is 0.288. The molecular formula is C23H21FN2O5. The van der Waals surface area contributed by atoms with E-state index in [2.05, 4.69) is 10.6 Å². The van der Waals surface area contributed by atoms with Crippen LogP contribution in [0.15, 0.2) is 66.7 Å². The summed E-state index contributed by atoms with van der Waals surface area (Å²) in [6, 6.07) is 17.1. The summed E-state index contributed by atoms with van der Waals surface area (Å²) in [6.45, 7) is -0.288. The van der Waals surface area contributed by atoms with Crippen molar-refractivity contribution in [2.45, 2.75) is 0 Å². The van der Waals surface area contributed by atoms with Gasteiger partial charge in [-0.2, -0.15) is 0 Å². The normalized spacial score (nSPS) is 10.2. The Labute approximate surface area is 178 Å². The van der Waals surface area contributed by atoms with Gasteiger partial charge in [-0.15, -0.1) is 0 Å². The van der Waals surface area contributed by atoms with Crippen LogP contribution in [0.1, 0.15) is 10.4 Å². The number of ether oxygens (including phenoxy) is 3. The lowest BCUT2D eigenvalue weighted by Crippen LogP contribution is -2.21. The number of hydrogen-bond acceptors (Lipinski definition) is 5. The highest BCUT2D eigenvalue weighted by atomic mass is 19.1. The van der Waals surface area contributed by atoms with Crippen molar-refractivity contribution in [3.63, 3.8) is 0 Å². The summed E-state index contributed by atoms with van der Waals surface area (Å²) in [5.74, 6) is -0.150. The van der Waals surface area contributed by atoms with Gasteiger partial charge in [0.15, 0.2) is 6.61 Å². The molecule has 3 aromatic rings. The molecule has 0 spiro atoms. The van der Waals surface area contributed by atoms with Gasteiger partial charge in [-0.1, -0.05) is 18.2 Å². The predicted octanol–water partition coefficient (Wildman–Crippen LogP) is 4.11. The monoisotopic (exact) mass is 424 g/mol. The van der Waals surface area contributed by atoms with E-state index < -0.39 is 11.7 Å². The fourth-order valence-electron chi connectivity index (χ4n) is 2.74. The molecule has 0 bridgehead atoms. The molecule has 3 aromatic carbocycles. The lowest BCUT2D eigenvalue weighted by atomic mass is 10.2. The molecule has 0 heterocycles. The van der Waals surface area contributed by atoms with E-state index in [4.69, 9.17) is 14.2 Å². The maximum atomic E-state index is 12.9. The Morgan fingerprint density at radius 1 is 0.839 bits per heavy atom. The fourth-order valence-corrected chi connectivity index (χ4v) is 2.74. The third kappa shape index (κ3) is 5.72. The second kappa shape index (κ2) is 10.1. The topological polar surface area (TPSA) is 85.9 Å². The van der Waals surface area contributed by atoms with Gasteiger partial charge >= 0.3 is 0 Å². The van der Waals surface area contributed by atoms with Crippen molar-refractivity contribution in [3.05, 3.63) is 78.1 Å². The standard InChI is InChI=1S/C23H21FN2O5/c1-29-20-13-19(26-23(28)15-6-4-3-5-7-15)21(30-2)12-18(20)25-22(27)14-31-17-10-8-16(24)9-11-17/h3-13H,14H2,1-2H3,(H,25,27)(H,26,28). The quantitative estimate of drug-likeness (QED) is 0.568. The van der Waals surface area contributed by atoms with Crippen molar-refractivity contribution in [1.82, 2.24) is 0 Å². The van der Waals surface area contributed by atoms with Crippen LogP contribution in [-0.4, -0.2) is 32.6 Å². The highest BCUT2D eigenvalue weighted by Gasteiger charge is 2.16. The van der Waals surface area contributed by atoms with E-state index in [9.17, 15) is 14.0 Å². The van der Waals surface area contributed by atoms with Gasteiger partial charge in [-0.25, -0.2) is 4.39 Å². The molecule has 0 unspecified atom stereocenters. The first kappa shape index (κ1) is 21.6. The Morgan fingerprint density at radius 2 is 1.42 bits per heavy atom. The van der Waals surface area contributed by atoms with E-state index in [1.807, 2.05) is 6.07 Å². The summed E-state index contributed by atoms with van der Waals surface area (Å²) in [4.78, 5) is 24.8. The summed E-state index contributed by atoms with van der Waals surface area (Å²) in [5, 5.41) is 5.45. The van der Waals surface area contributed by atoms with Crippen molar-refractivity contribution in [3.8, 4) is 17.2 Å². The van der Waals surface area contributed by atoms with Crippen molar-refractivity contribution < 1.29 is 28.2 Å². The molecule has 31 heavy (non-hydrogen) atoms. The van der Waals surface area contributed by atoms with Crippen LogP contribution in [0.4, 0.5) is 15.8 Å². The molecule has 8 heteroatoms. The van der Waals surface area contributed by atoms with Gasteiger partial charge in [0.25, 0.3) is 11.8 Å². The minimum Gasteiger partial charge on any atom is -0.494 e. The van der Waals surface area contributed by atoms with Crippen molar-refractivity contribution in [2.24, 2.45) is 0 Å². The molecule has 0 aromatic heterocycles. The summed E-state index contributed by atoms with van der Waals surface area (Å²) >= 11 is 0. The molecule has 0 aliphatic heterocycles. The van der Waals surface area contributed by atoms with Crippen molar-refractivity contribution >= 4 is 23.2 Å². The fraction of sp³-hybridized carbons (Fsp3) is 0.130. The lowest BCUT2D eigenvalue weighted by Gasteiger charge is -2.16. The number of halogens is 1. The van der Waals surface area contributed by atoms with E-state index in [1.165, 1.54) is 44.6 Å². The number of carbonyl (C=O) groups excluding carboxylic acids is 2. The molecule has 0 aliphatic carbocycles. The van der Waals surface area contributed by atoms with Gasteiger partial charge < -0.3 is 24.8 Å². The highest BCUT2D eigenvalue weighted by Crippen LogP contribution is 2.36. The Morgan fingerprint density at radius 3 is 2.00 bits per heavy atom. The first-order chi connectivity index (χ1) is 15.0. The van der Waals surface area contributed by atoms with Crippen LogP contribution in [0.5, 0.6) is 17.2 Å². The van der Waals surface area contributed by atoms with E-state index in [0.29, 0.717) is 34.2 Å². The molecule has 0 aliphatic rings. The van der Waals surface area contributed by atoms with Gasteiger partial charge in [-0.3, -0.25) is 9.59 Å². The maximum Gasteiger partial charge on any atom is 0.262 e. The van der Waals surface area contributed by atoms with Crippen LogP contribution in [0.3, 0.4) is 0 Å². The number of hydrogen-bond donors (Lipinski definition) is 2. The van der Waals surface area contributed by atoms with Gasteiger partial charge in [0.1, 0.15) is 23.1 Å². The molecule has 160 valence electrons. The van der Waals surface area contributed by atoms with E-state index in [1.54, 1.807) is 30.3 Å². The Kier molecular flexibility index (Phi) is 7.05. The van der Waals surface area contributed by atoms with Crippen LogP contribution in [-0.2, 0) is 4.79 Å². The Hall–Kier alpha value is -4.07. The number of carbonyl (C=O) groups is 2.